The predicted octanol–water partition coefficient (Wildman–Crippen LogP) is 4.29. The zero-order valence-corrected chi connectivity index (χ0v) is 17.2. The Morgan fingerprint density at radius 1 is 0.897 bits per heavy atom. The zero-order chi connectivity index (χ0) is 21.0. The van der Waals surface area contributed by atoms with E-state index in [-0.39, 0.29) is 10.8 Å². The highest BCUT2D eigenvalue weighted by Gasteiger charge is 2.17. The van der Waals surface area contributed by atoms with Crippen molar-refractivity contribution in [2.45, 2.75) is 11.8 Å². The molecule has 1 amide bonds. The molecule has 6 nitrogen and oxygen atoms in total. The lowest BCUT2D eigenvalue weighted by atomic mass is 10.2. The third-order valence-corrected chi connectivity index (χ3v) is 6.06. The van der Waals surface area contributed by atoms with E-state index in [0.717, 1.165) is 15.6 Å². The summed E-state index contributed by atoms with van der Waals surface area (Å²) < 4.78 is 31.1. The molecule has 29 heavy (non-hydrogen) atoms. The van der Waals surface area contributed by atoms with Gasteiger partial charge in [0.2, 0.25) is 10.0 Å². The number of carbonyl (C=O) groups excluding carboxylic acids is 1. The maximum Gasteiger partial charge on any atom is 0.255 e. The first-order valence-electron chi connectivity index (χ1n) is 8.94. The minimum absolute atomic E-state index is 0.136. The first-order valence-corrected chi connectivity index (χ1v) is 10.4. The van der Waals surface area contributed by atoms with Gasteiger partial charge in [-0.3, -0.25) is 4.79 Å². The summed E-state index contributed by atoms with van der Waals surface area (Å²) in [5.41, 5.74) is 2.08. The van der Waals surface area contributed by atoms with E-state index >= 15 is 0 Å². The first kappa shape index (κ1) is 20.6. The lowest BCUT2D eigenvalue weighted by Gasteiger charge is -2.12. The first-order chi connectivity index (χ1) is 13.8. The third-order valence-electron chi connectivity index (χ3n) is 4.23. The van der Waals surface area contributed by atoms with Gasteiger partial charge in [0.05, 0.1) is 4.90 Å². The molecule has 0 heterocycles. The summed E-state index contributed by atoms with van der Waals surface area (Å²) in [6, 6.07) is 20.6. The van der Waals surface area contributed by atoms with Gasteiger partial charge < -0.3 is 10.1 Å². The van der Waals surface area contributed by atoms with Crippen LogP contribution >= 0.6 is 0 Å². The number of amides is 1. The van der Waals surface area contributed by atoms with Gasteiger partial charge in [-0.1, -0.05) is 12.1 Å². The van der Waals surface area contributed by atoms with Gasteiger partial charge in [0, 0.05) is 25.3 Å². The van der Waals surface area contributed by atoms with Gasteiger partial charge in [-0.2, -0.15) is 0 Å². The van der Waals surface area contributed by atoms with E-state index in [2.05, 4.69) is 5.32 Å². The minimum Gasteiger partial charge on any atom is -0.457 e. The maximum absolute atomic E-state index is 12.4. The van der Waals surface area contributed by atoms with E-state index in [0.29, 0.717) is 17.0 Å². The van der Waals surface area contributed by atoms with Crippen molar-refractivity contribution in [1.29, 1.82) is 0 Å². The fourth-order valence-corrected chi connectivity index (χ4v) is 3.52. The van der Waals surface area contributed by atoms with Crippen LogP contribution in [0.3, 0.4) is 0 Å². The Labute approximate surface area is 170 Å². The van der Waals surface area contributed by atoms with Crippen LogP contribution in [0.15, 0.2) is 77.7 Å². The highest BCUT2D eigenvalue weighted by atomic mass is 32.2. The summed E-state index contributed by atoms with van der Waals surface area (Å²) >= 11 is 0. The van der Waals surface area contributed by atoms with Gasteiger partial charge in [0.25, 0.3) is 5.91 Å². The molecule has 0 spiro atoms. The van der Waals surface area contributed by atoms with Crippen molar-refractivity contribution in [3.8, 4) is 11.5 Å². The van der Waals surface area contributed by atoms with Gasteiger partial charge >= 0.3 is 0 Å². The van der Waals surface area contributed by atoms with E-state index in [1.807, 2.05) is 31.2 Å². The summed E-state index contributed by atoms with van der Waals surface area (Å²) in [6.07, 6.45) is 0. The fourth-order valence-electron chi connectivity index (χ4n) is 2.61. The van der Waals surface area contributed by atoms with Crippen molar-refractivity contribution in [2.75, 3.05) is 19.4 Å². The molecule has 0 aromatic heterocycles. The number of ether oxygens (including phenoxy) is 1. The maximum atomic E-state index is 12.4. The second-order valence-electron chi connectivity index (χ2n) is 6.71. The number of sulfonamides is 1. The highest BCUT2D eigenvalue weighted by Crippen LogP contribution is 2.24. The summed E-state index contributed by atoms with van der Waals surface area (Å²) in [7, 11) is -0.603. The molecule has 7 heteroatoms. The van der Waals surface area contributed by atoms with Gasteiger partial charge in [0.1, 0.15) is 11.5 Å². The van der Waals surface area contributed by atoms with Crippen molar-refractivity contribution >= 4 is 21.6 Å². The lowest BCUT2D eigenvalue weighted by molar-refractivity contribution is 0.102. The predicted molar refractivity (Wildman–Crippen MR) is 113 cm³/mol. The molecule has 0 aliphatic carbocycles. The Morgan fingerprint density at radius 3 is 2.14 bits per heavy atom. The van der Waals surface area contributed by atoms with Gasteiger partial charge in [-0.15, -0.1) is 0 Å². The molecule has 0 saturated heterocycles. The molecule has 0 fully saturated rings. The molecule has 0 aliphatic rings. The van der Waals surface area contributed by atoms with E-state index < -0.39 is 10.0 Å². The average molecular weight is 410 g/mol. The van der Waals surface area contributed by atoms with E-state index in [9.17, 15) is 13.2 Å². The molecule has 0 atom stereocenters. The number of carbonyl (C=O) groups is 1. The standard InChI is InChI=1S/C22H22N2O4S/c1-16-5-4-6-20(15-16)28-19-11-9-18(10-12-19)23-22(25)17-7-13-21(14-8-17)29(26,27)24(2)3/h4-15H,1-3H3,(H,23,25). The SMILES string of the molecule is Cc1cccc(Oc2ccc(NC(=O)c3ccc(S(=O)(=O)N(C)C)cc3)cc2)c1. The molecule has 0 bridgehead atoms. The minimum atomic E-state index is -3.52. The van der Waals surface area contributed by atoms with Crippen LogP contribution in [0.5, 0.6) is 11.5 Å². The second-order valence-corrected chi connectivity index (χ2v) is 8.86. The molecule has 0 radical (unpaired) electrons. The lowest BCUT2D eigenvalue weighted by Crippen LogP contribution is -2.22. The van der Waals surface area contributed by atoms with E-state index in [1.54, 1.807) is 24.3 Å². The number of rotatable bonds is 6. The molecular weight excluding hydrogens is 388 g/mol. The van der Waals surface area contributed by atoms with Crippen molar-refractivity contribution < 1.29 is 17.9 Å². The van der Waals surface area contributed by atoms with Crippen LogP contribution in [-0.4, -0.2) is 32.7 Å². The van der Waals surface area contributed by atoms with Crippen LogP contribution in [-0.2, 0) is 10.0 Å². The van der Waals surface area contributed by atoms with Gasteiger partial charge in [-0.05, 0) is 73.2 Å². The number of nitrogens with one attached hydrogen (secondary N) is 1. The number of hydrogen-bond acceptors (Lipinski definition) is 4. The Hall–Kier alpha value is -3.16. The number of benzene rings is 3. The van der Waals surface area contributed by atoms with Crippen molar-refractivity contribution in [1.82, 2.24) is 4.31 Å². The molecule has 0 saturated carbocycles. The van der Waals surface area contributed by atoms with Crippen LogP contribution in [0.2, 0.25) is 0 Å². The number of hydrogen-bond donors (Lipinski definition) is 1. The third kappa shape index (κ3) is 5.01. The average Bonchev–Trinajstić information content (AvgIpc) is 2.69. The van der Waals surface area contributed by atoms with Crippen LogP contribution in [0.25, 0.3) is 0 Å². The van der Waals surface area contributed by atoms with E-state index in [1.165, 1.54) is 38.4 Å². The second kappa shape index (κ2) is 8.46. The monoisotopic (exact) mass is 410 g/mol. The van der Waals surface area contributed by atoms with Crippen molar-refractivity contribution in [3.63, 3.8) is 0 Å². The molecule has 0 aliphatic heterocycles. The Bertz CT molecular complexity index is 1110. The van der Waals surface area contributed by atoms with Crippen molar-refractivity contribution in [2.24, 2.45) is 0 Å². The normalized spacial score (nSPS) is 11.3. The molecule has 3 rings (SSSR count). The molecule has 1 N–H and O–H groups in total. The molecule has 150 valence electrons. The van der Waals surface area contributed by atoms with Gasteiger partial charge in [0.15, 0.2) is 0 Å². The summed E-state index contributed by atoms with van der Waals surface area (Å²) in [5, 5.41) is 2.79. The molecule has 3 aromatic carbocycles. The van der Waals surface area contributed by atoms with Crippen molar-refractivity contribution in [3.05, 3.63) is 83.9 Å². The fraction of sp³-hybridized carbons (Fsp3) is 0.136. The van der Waals surface area contributed by atoms with Crippen LogP contribution < -0.4 is 10.1 Å². The number of aryl methyl sites for hydroxylation is 1. The topological polar surface area (TPSA) is 75.7 Å². The number of anilines is 1. The highest BCUT2D eigenvalue weighted by molar-refractivity contribution is 7.89. The van der Waals surface area contributed by atoms with E-state index in [4.69, 9.17) is 4.74 Å². The van der Waals surface area contributed by atoms with Gasteiger partial charge in [-0.25, -0.2) is 12.7 Å². The number of nitrogens with zero attached hydrogens (tertiary/aromatic N) is 1. The molecule has 0 unspecified atom stereocenters. The zero-order valence-electron chi connectivity index (χ0n) is 16.4. The molecular formula is C22H22N2O4S. The van der Waals surface area contributed by atoms with Crippen LogP contribution in [0, 0.1) is 6.92 Å². The largest absolute Gasteiger partial charge is 0.457 e. The molecule has 3 aromatic rings. The van der Waals surface area contributed by atoms with Crippen LogP contribution in [0.4, 0.5) is 5.69 Å². The summed E-state index contributed by atoms with van der Waals surface area (Å²) in [6.45, 7) is 1.99. The Balaban J connectivity index is 1.66. The summed E-state index contributed by atoms with van der Waals surface area (Å²) in [4.78, 5) is 12.6. The quantitative estimate of drug-likeness (QED) is 0.658. The summed E-state index contributed by atoms with van der Waals surface area (Å²) in [5.74, 6) is 1.08. The Morgan fingerprint density at radius 2 is 1.55 bits per heavy atom. The Kier molecular flexibility index (Phi) is 6.00. The smallest absolute Gasteiger partial charge is 0.255 e. The van der Waals surface area contributed by atoms with Crippen LogP contribution in [0.1, 0.15) is 15.9 Å².